The van der Waals surface area contributed by atoms with Crippen molar-refractivity contribution in [1.82, 2.24) is 9.55 Å². The Morgan fingerprint density at radius 2 is 1.88 bits per heavy atom. The van der Waals surface area contributed by atoms with Crippen molar-refractivity contribution < 1.29 is 9.13 Å². The second-order valence-corrected chi connectivity index (χ2v) is 5.70. The Kier molecular flexibility index (Phi) is 4.64. The van der Waals surface area contributed by atoms with E-state index >= 15 is 0 Å². The van der Waals surface area contributed by atoms with E-state index in [-0.39, 0.29) is 17.5 Å². The van der Waals surface area contributed by atoms with Crippen LogP contribution in [0.2, 0.25) is 0 Å². The van der Waals surface area contributed by atoms with E-state index in [0.29, 0.717) is 27.9 Å². The molecule has 0 aliphatic rings. The second-order valence-electron chi connectivity index (χ2n) is 5.70. The lowest BCUT2D eigenvalue weighted by molar-refractivity contribution is 0.108. The first-order chi connectivity index (χ1) is 12.0. The van der Waals surface area contributed by atoms with Gasteiger partial charge in [0, 0.05) is 25.3 Å². The fourth-order valence-electron chi connectivity index (χ4n) is 2.55. The molecule has 2 aromatic carbocycles. The van der Waals surface area contributed by atoms with Crippen LogP contribution >= 0.6 is 0 Å². The Labute approximate surface area is 144 Å². The van der Waals surface area contributed by atoms with Gasteiger partial charge in [-0.15, -0.1) is 0 Å². The van der Waals surface area contributed by atoms with Gasteiger partial charge in [0.25, 0.3) is 5.56 Å². The van der Waals surface area contributed by atoms with Gasteiger partial charge in [0.1, 0.15) is 17.7 Å². The zero-order chi connectivity index (χ0) is 18.0. The van der Waals surface area contributed by atoms with Crippen molar-refractivity contribution in [3.8, 4) is 11.8 Å². The van der Waals surface area contributed by atoms with Crippen LogP contribution in [0.1, 0.15) is 30.0 Å². The van der Waals surface area contributed by atoms with Crippen molar-refractivity contribution >= 4 is 10.9 Å². The second kappa shape index (κ2) is 6.88. The Morgan fingerprint density at radius 3 is 2.56 bits per heavy atom. The first-order valence-corrected chi connectivity index (χ1v) is 7.80. The molecule has 1 heterocycles. The molecule has 0 N–H and O–H groups in total. The highest BCUT2D eigenvalue weighted by molar-refractivity contribution is 5.79. The van der Waals surface area contributed by atoms with E-state index < -0.39 is 0 Å². The highest BCUT2D eigenvalue weighted by Crippen LogP contribution is 2.16. The Hall–Kier alpha value is -2.97. The predicted molar refractivity (Wildman–Crippen MR) is 94.8 cm³/mol. The fourth-order valence-corrected chi connectivity index (χ4v) is 2.55. The van der Waals surface area contributed by atoms with E-state index in [9.17, 15) is 9.18 Å². The molecule has 0 saturated carbocycles. The van der Waals surface area contributed by atoms with E-state index in [1.807, 2.05) is 6.92 Å². The molecule has 3 aromatic rings. The van der Waals surface area contributed by atoms with Crippen LogP contribution in [0.3, 0.4) is 0 Å². The van der Waals surface area contributed by atoms with E-state index in [2.05, 4.69) is 16.8 Å². The summed E-state index contributed by atoms with van der Waals surface area (Å²) in [5, 5.41) is 0.519. The van der Waals surface area contributed by atoms with E-state index in [1.165, 1.54) is 16.7 Å². The minimum Gasteiger partial charge on any atom is -0.374 e. The Bertz CT molecular complexity index is 1060. The van der Waals surface area contributed by atoms with Crippen molar-refractivity contribution in [3.05, 3.63) is 75.6 Å². The van der Waals surface area contributed by atoms with E-state index in [1.54, 1.807) is 44.5 Å². The van der Waals surface area contributed by atoms with Gasteiger partial charge in [-0.2, -0.15) is 0 Å². The van der Waals surface area contributed by atoms with Gasteiger partial charge in [0.2, 0.25) is 0 Å². The molecule has 0 bridgehead atoms. The smallest absolute Gasteiger partial charge is 0.261 e. The molecule has 1 aromatic heterocycles. The van der Waals surface area contributed by atoms with Crippen LogP contribution in [0.5, 0.6) is 0 Å². The molecule has 0 fully saturated rings. The number of ether oxygens (including phenoxy) is 1. The molecule has 0 radical (unpaired) electrons. The highest BCUT2D eigenvalue weighted by Gasteiger charge is 2.13. The lowest BCUT2D eigenvalue weighted by Crippen LogP contribution is -2.24. The Morgan fingerprint density at radius 1 is 1.16 bits per heavy atom. The lowest BCUT2D eigenvalue weighted by Gasteiger charge is -2.14. The van der Waals surface area contributed by atoms with Crippen molar-refractivity contribution in [2.75, 3.05) is 7.11 Å². The summed E-state index contributed by atoms with van der Waals surface area (Å²) in [7, 11) is 3.25. The number of methoxy groups -OCH3 is 1. The van der Waals surface area contributed by atoms with E-state index in [0.717, 1.165) is 0 Å². The molecule has 0 aliphatic carbocycles. The maximum absolute atomic E-state index is 13.2. The number of halogens is 1. The summed E-state index contributed by atoms with van der Waals surface area (Å²) in [6, 6.07) is 11.3. The van der Waals surface area contributed by atoms with Crippen molar-refractivity contribution in [1.29, 1.82) is 0 Å². The SMILES string of the molecule is COC(C)c1nc2cc(C#Cc3cccc(F)c3)ccc2c(=O)n1C. The number of benzene rings is 2. The number of aromatic nitrogens is 2. The first kappa shape index (κ1) is 16.9. The van der Waals surface area contributed by atoms with Crippen LogP contribution in [-0.2, 0) is 11.8 Å². The molecule has 4 nitrogen and oxygen atoms in total. The molecule has 5 heteroatoms. The first-order valence-electron chi connectivity index (χ1n) is 7.80. The van der Waals surface area contributed by atoms with Gasteiger partial charge in [-0.1, -0.05) is 17.9 Å². The molecular weight excluding hydrogens is 319 g/mol. The minimum absolute atomic E-state index is 0.131. The third kappa shape index (κ3) is 3.44. The average molecular weight is 336 g/mol. The van der Waals surface area contributed by atoms with Crippen LogP contribution < -0.4 is 5.56 Å². The molecular formula is C20H17FN2O2. The summed E-state index contributed by atoms with van der Waals surface area (Å²) in [5.41, 5.74) is 1.72. The number of nitrogens with zero attached hydrogens (tertiary/aromatic N) is 2. The molecule has 0 spiro atoms. The fraction of sp³-hybridized carbons (Fsp3) is 0.200. The summed E-state index contributed by atoms with van der Waals surface area (Å²) in [6.07, 6.45) is -0.302. The average Bonchev–Trinajstić information content (AvgIpc) is 2.62. The van der Waals surface area contributed by atoms with Crippen LogP contribution in [-0.4, -0.2) is 16.7 Å². The summed E-state index contributed by atoms with van der Waals surface area (Å²) in [6.45, 7) is 1.83. The molecule has 25 heavy (non-hydrogen) atoms. The summed E-state index contributed by atoms with van der Waals surface area (Å²) in [4.78, 5) is 17.0. The van der Waals surface area contributed by atoms with Gasteiger partial charge >= 0.3 is 0 Å². The molecule has 1 unspecified atom stereocenters. The number of hydrogen-bond acceptors (Lipinski definition) is 3. The molecule has 0 saturated heterocycles. The third-order valence-corrected chi connectivity index (χ3v) is 4.00. The van der Waals surface area contributed by atoms with Crippen molar-refractivity contribution in [2.24, 2.45) is 7.05 Å². The molecule has 0 amide bonds. The van der Waals surface area contributed by atoms with Crippen LogP contribution in [0.25, 0.3) is 10.9 Å². The quantitative estimate of drug-likeness (QED) is 0.675. The van der Waals surface area contributed by atoms with Gasteiger partial charge in [0.05, 0.1) is 10.9 Å². The van der Waals surface area contributed by atoms with Gasteiger partial charge in [-0.25, -0.2) is 9.37 Å². The summed E-state index contributed by atoms with van der Waals surface area (Å²) < 4.78 is 20.0. The number of rotatable bonds is 2. The van der Waals surface area contributed by atoms with Gasteiger partial charge < -0.3 is 4.74 Å². The molecule has 3 rings (SSSR count). The third-order valence-electron chi connectivity index (χ3n) is 4.00. The molecule has 126 valence electrons. The monoisotopic (exact) mass is 336 g/mol. The van der Waals surface area contributed by atoms with Crippen molar-refractivity contribution in [2.45, 2.75) is 13.0 Å². The van der Waals surface area contributed by atoms with Crippen LogP contribution in [0.4, 0.5) is 4.39 Å². The maximum atomic E-state index is 13.2. The van der Waals surface area contributed by atoms with Gasteiger partial charge in [0.15, 0.2) is 0 Å². The minimum atomic E-state index is -0.325. The van der Waals surface area contributed by atoms with Crippen molar-refractivity contribution in [3.63, 3.8) is 0 Å². The number of fused-ring (bicyclic) bond motifs is 1. The van der Waals surface area contributed by atoms with Crippen LogP contribution in [0, 0.1) is 17.7 Å². The zero-order valence-electron chi connectivity index (χ0n) is 14.2. The zero-order valence-corrected chi connectivity index (χ0v) is 14.2. The molecule has 1 atom stereocenters. The van der Waals surface area contributed by atoms with Crippen LogP contribution in [0.15, 0.2) is 47.3 Å². The molecule has 0 aliphatic heterocycles. The summed E-state index contributed by atoms with van der Waals surface area (Å²) >= 11 is 0. The normalized spacial score (nSPS) is 11.8. The predicted octanol–water partition coefficient (Wildman–Crippen LogP) is 3.18. The van der Waals surface area contributed by atoms with E-state index in [4.69, 9.17) is 4.74 Å². The highest BCUT2D eigenvalue weighted by atomic mass is 19.1. The lowest BCUT2D eigenvalue weighted by atomic mass is 10.1. The van der Waals surface area contributed by atoms with Gasteiger partial charge in [-0.3, -0.25) is 9.36 Å². The largest absolute Gasteiger partial charge is 0.374 e. The topological polar surface area (TPSA) is 44.1 Å². The number of hydrogen-bond donors (Lipinski definition) is 0. The maximum Gasteiger partial charge on any atom is 0.261 e. The Balaban J connectivity index is 2.08. The standard InChI is InChI=1S/C20H17FN2O2/c1-13(25-3)19-22-18-12-15(9-10-17(18)20(24)23(19)2)8-7-14-5-4-6-16(21)11-14/h4-6,9-13H,1-3H3. The van der Waals surface area contributed by atoms with Gasteiger partial charge in [-0.05, 0) is 43.3 Å². The summed E-state index contributed by atoms with van der Waals surface area (Å²) in [5.74, 6) is 6.12.